The van der Waals surface area contributed by atoms with Gasteiger partial charge in [0.05, 0.1) is 5.41 Å². The molecule has 0 amide bonds. The minimum absolute atomic E-state index is 0.146. The quantitative estimate of drug-likeness (QED) is 0.776. The van der Waals surface area contributed by atoms with Gasteiger partial charge in [-0.2, -0.15) is 13.2 Å². The zero-order valence-corrected chi connectivity index (χ0v) is 8.09. The van der Waals surface area contributed by atoms with Crippen LogP contribution in [0.25, 0.3) is 0 Å². The lowest BCUT2D eigenvalue weighted by atomic mass is 9.98. The number of alkyl halides is 3. The number of aromatic nitrogens is 2. The largest absolute Gasteiger partial charge is 0.394 e. The van der Waals surface area contributed by atoms with Crippen LogP contribution in [0.2, 0.25) is 0 Å². The molecule has 1 aliphatic carbocycles. The molecular weight excluding hydrogens is 205 g/mol. The van der Waals surface area contributed by atoms with Gasteiger partial charge in [-0.15, -0.1) is 0 Å². The van der Waals surface area contributed by atoms with Crippen LogP contribution in [0.1, 0.15) is 25.0 Å². The fourth-order valence-electron chi connectivity index (χ4n) is 1.66. The number of rotatable bonds is 3. The van der Waals surface area contributed by atoms with Crippen molar-refractivity contribution in [1.82, 2.24) is 9.97 Å². The minimum atomic E-state index is -4.06. The highest BCUT2D eigenvalue weighted by Gasteiger charge is 2.62. The lowest BCUT2D eigenvalue weighted by molar-refractivity contribution is -0.188. The minimum Gasteiger partial charge on any atom is -0.245 e. The van der Waals surface area contributed by atoms with Crippen molar-refractivity contribution in [3.8, 4) is 0 Å². The summed E-state index contributed by atoms with van der Waals surface area (Å²) < 4.78 is 37.7. The van der Waals surface area contributed by atoms with Crippen molar-refractivity contribution in [2.45, 2.75) is 31.9 Å². The van der Waals surface area contributed by atoms with Gasteiger partial charge in [0, 0.05) is 11.9 Å². The number of hydrogen-bond acceptors (Lipinski definition) is 2. The number of nitrogens with zero attached hydrogens (tertiary/aromatic N) is 2. The fraction of sp³-hybridized carbons (Fsp3) is 0.600. The molecule has 82 valence electrons. The molecule has 1 fully saturated rings. The average Bonchev–Trinajstić information content (AvgIpc) is 2.96. The molecule has 0 aliphatic heterocycles. The summed E-state index contributed by atoms with van der Waals surface area (Å²) >= 11 is 0. The first-order valence-electron chi connectivity index (χ1n) is 4.85. The Kier molecular flexibility index (Phi) is 2.40. The lowest BCUT2D eigenvalue weighted by Gasteiger charge is -2.18. The maximum absolute atomic E-state index is 12.6. The van der Waals surface area contributed by atoms with E-state index in [9.17, 15) is 13.2 Å². The molecule has 0 N–H and O–H groups in total. The van der Waals surface area contributed by atoms with Crippen LogP contribution in [0.15, 0.2) is 18.6 Å². The van der Waals surface area contributed by atoms with E-state index >= 15 is 0 Å². The van der Waals surface area contributed by atoms with Crippen LogP contribution < -0.4 is 0 Å². The van der Waals surface area contributed by atoms with Gasteiger partial charge in [0.2, 0.25) is 0 Å². The van der Waals surface area contributed by atoms with E-state index in [1.165, 1.54) is 6.33 Å². The Hall–Kier alpha value is -1.13. The van der Waals surface area contributed by atoms with Crippen molar-refractivity contribution in [3.05, 3.63) is 24.3 Å². The zero-order valence-electron chi connectivity index (χ0n) is 8.09. The van der Waals surface area contributed by atoms with Gasteiger partial charge in [0.1, 0.15) is 6.33 Å². The topological polar surface area (TPSA) is 25.8 Å². The Bertz CT molecular complexity index is 330. The van der Waals surface area contributed by atoms with Crippen LogP contribution in [-0.2, 0) is 6.42 Å². The van der Waals surface area contributed by atoms with Crippen LogP contribution in [0, 0.1) is 5.41 Å². The van der Waals surface area contributed by atoms with E-state index in [0.29, 0.717) is 12.1 Å². The Labute approximate surface area is 85.6 Å². The summed E-state index contributed by atoms with van der Waals surface area (Å²) in [6, 6.07) is 1.66. The van der Waals surface area contributed by atoms with E-state index in [2.05, 4.69) is 9.97 Å². The molecule has 0 atom stereocenters. The van der Waals surface area contributed by atoms with Gasteiger partial charge in [-0.05, 0) is 31.7 Å². The molecular formula is C10H11F3N2. The summed E-state index contributed by atoms with van der Waals surface area (Å²) in [5, 5.41) is 0. The highest BCUT2D eigenvalue weighted by atomic mass is 19.4. The molecule has 0 spiro atoms. The molecule has 0 radical (unpaired) electrons. The van der Waals surface area contributed by atoms with Gasteiger partial charge in [-0.25, -0.2) is 9.97 Å². The second-order valence-electron chi connectivity index (χ2n) is 3.98. The number of halogens is 3. The van der Waals surface area contributed by atoms with Crippen LogP contribution in [-0.4, -0.2) is 16.1 Å². The molecule has 5 heteroatoms. The van der Waals surface area contributed by atoms with Crippen LogP contribution >= 0.6 is 0 Å². The molecule has 0 unspecified atom stereocenters. The highest BCUT2D eigenvalue weighted by molar-refractivity contribution is 5.04. The predicted molar refractivity (Wildman–Crippen MR) is 48.1 cm³/mol. The smallest absolute Gasteiger partial charge is 0.245 e. The monoisotopic (exact) mass is 216 g/mol. The third kappa shape index (κ3) is 2.11. The van der Waals surface area contributed by atoms with Gasteiger partial charge >= 0.3 is 6.18 Å². The molecule has 1 heterocycles. The Morgan fingerprint density at radius 1 is 1.33 bits per heavy atom. The van der Waals surface area contributed by atoms with Crippen LogP contribution in [0.5, 0.6) is 0 Å². The highest BCUT2D eigenvalue weighted by Crippen LogP contribution is 2.60. The molecule has 1 aromatic heterocycles. The third-order valence-electron chi connectivity index (χ3n) is 2.96. The second-order valence-corrected chi connectivity index (χ2v) is 3.98. The summed E-state index contributed by atoms with van der Waals surface area (Å²) in [6.07, 6.45) is -0.0866. The third-order valence-corrected chi connectivity index (χ3v) is 2.96. The molecule has 0 saturated heterocycles. The summed E-state index contributed by atoms with van der Waals surface area (Å²) in [5.41, 5.74) is -0.738. The summed E-state index contributed by atoms with van der Waals surface area (Å²) in [5.74, 6) is 0. The standard InChI is InChI=1S/C10H11F3N2/c11-10(12,13)9(4-5-9)3-1-8-2-6-14-7-15-8/h2,6-7H,1,3-5H2. The molecule has 15 heavy (non-hydrogen) atoms. The molecule has 1 saturated carbocycles. The number of aryl methyl sites for hydroxylation is 1. The van der Waals surface area contributed by atoms with Crippen LogP contribution in [0.3, 0.4) is 0 Å². The van der Waals surface area contributed by atoms with E-state index in [1.807, 2.05) is 0 Å². The number of hydrogen-bond donors (Lipinski definition) is 0. The van der Waals surface area contributed by atoms with E-state index in [1.54, 1.807) is 12.3 Å². The molecule has 0 aromatic carbocycles. The molecule has 1 aromatic rings. The van der Waals surface area contributed by atoms with Crippen molar-refractivity contribution in [3.63, 3.8) is 0 Å². The Morgan fingerprint density at radius 2 is 2.07 bits per heavy atom. The Morgan fingerprint density at radius 3 is 2.53 bits per heavy atom. The molecule has 0 bridgehead atoms. The van der Waals surface area contributed by atoms with E-state index in [-0.39, 0.29) is 19.3 Å². The van der Waals surface area contributed by atoms with Crippen molar-refractivity contribution >= 4 is 0 Å². The van der Waals surface area contributed by atoms with Gasteiger partial charge in [-0.1, -0.05) is 0 Å². The lowest BCUT2D eigenvalue weighted by Crippen LogP contribution is -2.25. The predicted octanol–water partition coefficient (Wildman–Crippen LogP) is 2.75. The normalized spacial score (nSPS) is 18.9. The van der Waals surface area contributed by atoms with Crippen molar-refractivity contribution in [2.24, 2.45) is 5.41 Å². The zero-order chi connectivity index (χ0) is 10.9. The Balaban J connectivity index is 1.95. The first kappa shape index (κ1) is 10.4. The summed E-state index contributed by atoms with van der Waals surface area (Å²) in [4.78, 5) is 7.63. The molecule has 2 nitrogen and oxygen atoms in total. The average molecular weight is 216 g/mol. The molecule has 2 rings (SSSR count). The summed E-state index contributed by atoms with van der Waals surface area (Å²) in [7, 11) is 0. The van der Waals surface area contributed by atoms with Crippen molar-refractivity contribution in [2.75, 3.05) is 0 Å². The first-order valence-corrected chi connectivity index (χ1v) is 4.85. The maximum Gasteiger partial charge on any atom is 0.394 e. The second kappa shape index (κ2) is 3.47. The van der Waals surface area contributed by atoms with E-state index in [0.717, 1.165) is 0 Å². The van der Waals surface area contributed by atoms with Gasteiger partial charge in [0.25, 0.3) is 0 Å². The van der Waals surface area contributed by atoms with Crippen molar-refractivity contribution < 1.29 is 13.2 Å². The van der Waals surface area contributed by atoms with E-state index in [4.69, 9.17) is 0 Å². The maximum atomic E-state index is 12.6. The van der Waals surface area contributed by atoms with Gasteiger partial charge < -0.3 is 0 Å². The van der Waals surface area contributed by atoms with Crippen molar-refractivity contribution in [1.29, 1.82) is 0 Å². The fourth-order valence-corrected chi connectivity index (χ4v) is 1.66. The molecule has 1 aliphatic rings. The summed E-state index contributed by atoms with van der Waals surface area (Å²) in [6.45, 7) is 0. The SMILES string of the molecule is FC(F)(F)C1(CCc2ccncn2)CC1. The van der Waals surface area contributed by atoms with Gasteiger partial charge in [0.15, 0.2) is 0 Å². The van der Waals surface area contributed by atoms with Gasteiger partial charge in [-0.3, -0.25) is 0 Å². The van der Waals surface area contributed by atoms with E-state index < -0.39 is 11.6 Å². The first-order chi connectivity index (χ1) is 7.04. The van der Waals surface area contributed by atoms with Crippen LogP contribution in [0.4, 0.5) is 13.2 Å².